The second kappa shape index (κ2) is 9.52. The average Bonchev–Trinajstić information content (AvgIpc) is 3.42. The smallest absolute Gasteiger partial charge is 0.384 e. The van der Waals surface area contributed by atoms with Crippen LogP contribution < -0.4 is 0 Å². The molecule has 2 aliphatic heterocycles. The minimum atomic E-state index is -0.978. The number of epoxide rings is 2. The minimum absolute atomic E-state index is 0. The Balaban J connectivity index is 0.000000495. The third kappa shape index (κ3) is 7.65. The van der Waals surface area contributed by atoms with E-state index in [1.54, 1.807) is 0 Å². The summed E-state index contributed by atoms with van der Waals surface area (Å²) in [7, 11) is 1.24. The van der Waals surface area contributed by atoms with E-state index >= 15 is 0 Å². The molecule has 0 radical (unpaired) electrons. The maximum absolute atomic E-state index is 10.7. The van der Waals surface area contributed by atoms with Gasteiger partial charge in [0.2, 0.25) is 0 Å². The van der Waals surface area contributed by atoms with E-state index in [1.807, 2.05) is 13.8 Å². The van der Waals surface area contributed by atoms with Gasteiger partial charge in [-0.15, -0.1) is 13.2 Å². The Bertz CT molecular complexity index is 572. The van der Waals surface area contributed by atoms with Gasteiger partial charge in [0, 0.05) is 18.8 Å². The first-order valence-corrected chi connectivity index (χ1v) is 7.49. The summed E-state index contributed by atoms with van der Waals surface area (Å²) in [5.74, 6) is 3.92. The predicted molar refractivity (Wildman–Crippen MR) is 94.8 cm³/mol. The number of carbonyl (C=O) groups is 2. The summed E-state index contributed by atoms with van der Waals surface area (Å²) in [4.78, 5) is 21.0. The maximum atomic E-state index is 10.7. The van der Waals surface area contributed by atoms with Crippen molar-refractivity contribution in [3.8, 4) is 11.8 Å². The molecule has 25 heavy (non-hydrogen) atoms. The number of esters is 1. The molecule has 0 spiro atoms. The molecule has 1 N–H and O–H groups in total. The Labute approximate surface area is 149 Å². The van der Waals surface area contributed by atoms with Crippen molar-refractivity contribution >= 4 is 12.3 Å². The van der Waals surface area contributed by atoms with Crippen LogP contribution >= 0.6 is 0 Å². The van der Waals surface area contributed by atoms with Gasteiger partial charge in [-0.1, -0.05) is 24.5 Å². The Morgan fingerprint density at radius 2 is 1.80 bits per heavy atom. The fourth-order valence-electron chi connectivity index (χ4n) is 2.09. The van der Waals surface area contributed by atoms with Crippen LogP contribution in [-0.4, -0.2) is 55.0 Å². The van der Waals surface area contributed by atoms with Gasteiger partial charge in [-0.05, 0) is 13.8 Å². The molecule has 0 saturated carbocycles. The van der Waals surface area contributed by atoms with E-state index in [-0.39, 0.29) is 7.43 Å². The molecule has 2 rings (SSSR count). The molecule has 3 atom stereocenters. The normalized spacial score (nSPS) is 26.2. The lowest BCUT2D eigenvalue weighted by Gasteiger charge is -2.13. The van der Waals surface area contributed by atoms with Gasteiger partial charge in [0.05, 0.1) is 20.3 Å². The highest BCUT2D eigenvalue weighted by Crippen LogP contribution is 2.36. The highest BCUT2D eigenvalue weighted by molar-refractivity contribution is 5.88. The molecule has 0 aromatic rings. The topological polar surface area (TPSA) is 88.7 Å². The molecule has 0 amide bonds. The second-order valence-corrected chi connectivity index (χ2v) is 6.26. The van der Waals surface area contributed by atoms with Crippen molar-refractivity contribution in [3.05, 3.63) is 24.3 Å². The van der Waals surface area contributed by atoms with E-state index in [0.717, 1.165) is 17.4 Å². The molecule has 140 valence electrons. The lowest BCUT2D eigenvalue weighted by molar-refractivity contribution is -0.133. The Morgan fingerprint density at radius 3 is 2.08 bits per heavy atom. The molecular weight excluding hydrogens is 324 g/mol. The monoisotopic (exact) mass is 352 g/mol. The van der Waals surface area contributed by atoms with E-state index in [4.69, 9.17) is 9.47 Å². The highest BCUT2D eigenvalue weighted by Gasteiger charge is 2.50. The van der Waals surface area contributed by atoms with E-state index < -0.39 is 23.3 Å². The maximum Gasteiger partial charge on any atom is 0.384 e. The third-order valence-electron chi connectivity index (χ3n) is 3.44. The number of ether oxygens (including phenoxy) is 3. The SMILES string of the molecule is C.C=C(C)C[C@]1(C=O)CO1.C=C(C)C[C@]1([C@H](O)C#CC(=O)OC)CO1. The summed E-state index contributed by atoms with van der Waals surface area (Å²) >= 11 is 0. The lowest BCUT2D eigenvalue weighted by atomic mass is 9.96. The standard InChI is InChI=1S/C11H14O4.C7H10O2.CH4/c1-8(2)6-11(7-15-11)9(12)4-5-10(13)14-3;1-6(2)3-7(4-8)5-9-7;/h9,12H,1,6-7H2,2-3H3;4H,1,3,5H2,2H3;1H4/t9-,11-;7-;/m10./s1. The number of hydrogen-bond acceptors (Lipinski definition) is 6. The number of aldehydes is 1. The zero-order valence-corrected chi connectivity index (χ0v) is 14.4. The summed E-state index contributed by atoms with van der Waals surface area (Å²) in [6, 6.07) is 0. The van der Waals surface area contributed by atoms with Crippen LogP contribution in [0.5, 0.6) is 0 Å². The molecule has 2 saturated heterocycles. The lowest BCUT2D eigenvalue weighted by Crippen LogP contribution is -2.28. The molecule has 6 heteroatoms. The molecular formula is C19H28O6. The highest BCUT2D eigenvalue weighted by atomic mass is 16.6. The molecule has 6 nitrogen and oxygen atoms in total. The van der Waals surface area contributed by atoms with Crippen molar-refractivity contribution in [1.29, 1.82) is 0 Å². The van der Waals surface area contributed by atoms with Crippen LogP contribution in [-0.2, 0) is 23.8 Å². The molecule has 0 aromatic heterocycles. The van der Waals surface area contributed by atoms with Gasteiger partial charge in [0.15, 0.2) is 11.9 Å². The van der Waals surface area contributed by atoms with Crippen molar-refractivity contribution in [2.24, 2.45) is 0 Å². The quantitative estimate of drug-likeness (QED) is 0.196. The first kappa shape index (κ1) is 23.1. The molecule has 2 aliphatic rings. The Kier molecular flexibility index (Phi) is 8.78. The second-order valence-electron chi connectivity index (χ2n) is 6.26. The largest absolute Gasteiger partial charge is 0.459 e. The number of carbonyl (C=O) groups excluding carboxylic acids is 2. The van der Waals surface area contributed by atoms with Gasteiger partial charge in [-0.25, -0.2) is 4.79 Å². The Hall–Kier alpha value is -1.94. The zero-order valence-electron chi connectivity index (χ0n) is 14.4. The van der Waals surface area contributed by atoms with Crippen LogP contribution in [0.2, 0.25) is 0 Å². The van der Waals surface area contributed by atoms with Crippen LogP contribution in [0.25, 0.3) is 0 Å². The van der Waals surface area contributed by atoms with Crippen LogP contribution in [0, 0.1) is 11.8 Å². The van der Waals surface area contributed by atoms with Gasteiger partial charge in [-0.2, -0.15) is 0 Å². The van der Waals surface area contributed by atoms with E-state index in [1.165, 1.54) is 7.11 Å². The summed E-state index contributed by atoms with van der Waals surface area (Å²) in [6.45, 7) is 12.2. The van der Waals surface area contributed by atoms with E-state index in [0.29, 0.717) is 26.1 Å². The fraction of sp³-hybridized carbons (Fsp3) is 0.579. The minimum Gasteiger partial charge on any atom is -0.459 e. The first-order chi connectivity index (χ1) is 11.2. The summed E-state index contributed by atoms with van der Waals surface area (Å²) in [6.07, 6.45) is 1.11. The third-order valence-corrected chi connectivity index (χ3v) is 3.44. The van der Waals surface area contributed by atoms with Crippen LogP contribution in [0.1, 0.15) is 34.1 Å². The molecule has 0 bridgehead atoms. The van der Waals surface area contributed by atoms with E-state index in [9.17, 15) is 14.7 Å². The number of methoxy groups -OCH3 is 1. The number of aliphatic hydroxyl groups excluding tert-OH is 1. The Morgan fingerprint density at radius 1 is 1.28 bits per heavy atom. The van der Waals surface area contributed by atoms with Crippen LogP contribution in [0.15, 0.2) is 24.3 Å². The van der Waals surface area contributed by atoms with Gasteiger partial charge in [0.25, 0.3) is 0 Å². The first-order valence-electron chi connectivity index (χ1n) is 7.49. The van der Waals surface area contributed by atoms with Crippen molar-refractivity contribution in [3.63, 3.8) is 0 Å². The van der Waals surface area contributed by atoms with Gasteiger partial charge >= 0.3 is 5.97 Å². The molecule has 2 heterocycles. The predicted octanol–water partition coefficient (Wildman–Crippen LogP) is 1.82. The van der Waals surface area contributed by atoms with Gasteiger partial charge < -0.3 is 24.1 Å². The number of rotatable bonds is 6. The number of aliphatic hydroxyl groups is 1. The van der Waals surface area contributed by atoms with Gasteiger partial charge in [-0.3, -0.25) is 0 Å². The van der Waals surface area contributed by atoms with E-state index in [2.05, 4.69) is 29.7 Å². The molecule has 0 unspecified atom stereocenters. The summed E-state index contributed by atoms with van der Waals surface area (Å²) in [5, 5.41) is 9.69. The van der Waals surface area contributed by atoms with Crippen LogP contribution in [0.4, 0.5) is 0 Å². The van der Waals surface area contributed by atoms with Gasteiger partial charge in [0.1, 0.15) is 11.7 Å². The molecule has 0 aliphatic carbocycles. The fourth-order valence-corrected chi connectivity index (χ4v) is 2.09. The van der Waals surface area contributed by atoms with Crippen molar-refractivity contribution < 1.29 is 28.9 Å². The number of hydrogen-bond donors (Lipinski definition) is 1. The van der Waals surface area contributed by atoms with Crippen molar-refractivity contribution in [1.82, 2.24) is 0 Å². The molecule has 0 aromatic carbocycles. The van der Waals surface area contributed by atoms with Crippen molar-refractivity contribution in [2.75, 3.05) is 20.3 Å². The molecule has 2 fully saturated rings. The summed E-state index contributed by atoms with van der Waals surface area (Å²) < 4.78 is 14.4. The van der Waals surface area contributed by atoms with Crippen molar-refractivity contribution in [2.45, 2.75) is 51.4 Å². The summed E-state index contributed by atoms with van der Waals surface area (Å²) in [5.41, 5.74) is 0.782. The van der Waals surface area contributed by atoms with Crippen LogP contribution in [0.3, 0.4) is 0 Å². The zero-order chi connectivity index (χ0) is 18.4. The average molecular weight is 352 g/mol.